The molecular formula is C30H27F5N6O2. The third-order valence-electron chi connectivity index (χ3n) is 8.37. The highest BCUT2D eigenvalue weighted by molar-refractivity contribution is 6.27. The number of amides is 1. The highest BCUT2D eigenvalue weighted by Crippen LogP contribution is 2.51. The average molecular weight is 599 g/mol. The Kier molecular flexibility index (Phi) is 6.33. The predicted octanol–water partition coefficient (Wildman–Crippen LogP) is 5.67. The Balaban J connectivity index is 1.36. The van der Waals surface area contributed by atoms with E-state index in [0.29, 0.717) is 50.0 Å². The number of anilines is 2. The highest BCUT2D eigenvalue weighted by Gasteiger charge is 2.62. The molecule has 0 bridgehead atoms. The third-order valence-corrected chi connectivity index (χ3v) is 8.37. The number of alkyl halides is 4. The van der Waals surface area contributed by atoms with Crippen LogP contribution in [-0.4, -0.2) is 62.5 Å². The summed E-state index contributed by atoms with van der Waals surface area (Å²) in [4.78, 5) is 21.9. The van der Waals surface area contributed by atoms with Crippen molar-refractivity contribution in [1.29, 1.82) is 0 Å². The maximum absolute atomic E-state index is 16.5. The minimum Gasteiger partial charge on any atom is -0.376 e. The lowest BCUT2D eigenvalue weighted by molar-refractivity contribution is -0.222. The van der Waals surface area contributed by atoms with E-state index in [0.717, 1.165) is 27.9 Å². The quantitative estimate of drug-likeness (QED) is 0.267. The highest BCUT2D eigenvalue weighted by atomic mass is 19.4. The molecule has 13 heteroatoms. The van der Waals surface area contributed by atoms with Gasteiger partial charge in [-0.1, -0.05) is 0 Å². The molecule has 2 atom stereocenters. The molecule has 224 valence electrons. The maximum Gasteiger partial charge on any atom is 0.434 e. The van der Waals surface area contributed by atoms with Gasteiger partial charge in [-0.05, 0) is 61.7 Å². The van der Waals surface area contributed by atoms with Gasteiger partial charge in [0.15, 0.2) is 5.82 Å². The lowest BCUT2D eigenvalue weighted by Crippen LogP contribution is -2.42. The van der Waals surface area contributed by atoms with Crippen molar-refractivity contribution in [2.24, 2.45) is 7.05 Å². The van der Waals surface area contributed by atoms with Crippen molar-refractivity contribution in [3.8, 4) is 0 Å². The molecule has 4 heterocycles. The number of carbonyl (C=O) groups excluding carboxylic acids is 1. The summed E-state index contributed by atoms with van der Waals surface area (Å²) < 4.78 is 81.9. The first kappa shape index (κ1) is 27.8. The van der Waals surface area contributed by atoms with Crippen LogP contribution < -0.4 is 4.90 Å². The van der Waals surface area contributed by atoms with E-state index in [-0.39, 0.29) is 40.2 Å². The zero-order valence-corrected chi connectivity index (χ0v) is 23.3. The van der Waals surface area contributed by atoms with E-state index in [2.05, 4.69) is 20.1 Å². The van der Waals surface area contributed by atoms with Crippen LogP contribution in [0, 0.1) is 5.82 Å². The van der Waals surface area contributed by atoms with Crippen LogP contribution in [0.5, 0.6) is 0 Å². The van der Waals surface area contributed by atoms with Crippen LogP contribution in [0.3, 0.4) is 0 Å². The van der Waals surface area contributed by atoms with Crippen LogP contribution in [0.4, 0.5) is 33.5 Å². The van der Waals surface area contributed by atoms with E-state index in [1.807, 2.05) is 6.92 Å². The first-order valence-electron chi connectivity index (χ1n) is 14.0. The molecule has 0 N–H and O–H groups in total. The number of carbonyl (C=O) groups is 1. The van der Waals surface area contributed by atoms with Gasteiger partial charge < -0.3 is 9.30 Å². The minimum atomic E-state index is -5.40. The van der Waals surface area contributed by atoms with E-state index in [9.17, 15) is 18.0 Å². The van der Waals surface area contributed by atoms with Gasteiger partial charge >= 0.3 is 6.18 Å². The van der Waals surface area contributed by atoms with Crippen LogP contribution in [0.25, 0.3) is 10.8 Å². The first-order chi connectivity index (χ1) is 20.5. The summed E-state index contributed by atoms with van der Waals surface area (Å²) in [5.41, 5.74) is -3.36. The Labute approximate surface area is 243 Å². The molecule has 1 aliphatic carbocycles. The van der Waals surface area contributed by atoms with Crippen LogP contribution in [-0.2, 0) is 24.0 Å². The van der Waals surface area contributed by atoms with Crippen LogP contribution in [0.1, 0.15) is 58.7 Å². The second kappa shape index (κ2) is 9.78. The number of morpholine rings is 1. The van der Waals surface area contributed by atoms with Crippen molar-refractivity contribution in [1.82, 2.24) is 24.6 Å². The number of aromatic nitrogens is 4. The SMILES string of the molecule is C[C@@H]1CN(Cc2cc3c4c(ccc(F)c4c2)N(c2cc(C(F)(c4nncn4C)C(F)(F)F)cc(C4CC4)n2)C3=O)CCO1. The summed E-state index contributed by atoms with van der Waals surface area (Å²) in [6.45, 7) is 4.33. The summed E-state index contributed by atoms with van der Waals surface area (Å²) in [6, 6.07) is 8.03. The second-order valence-corrected chi connectivity index (χ2v) is 11.5. The number of hydrogen-bond donors (Lipinski definition) is 0. The van der Waals surface area contributed by atoms with Gasteiger partial charge in [0.05, 0.1) is 24.0 Å². The number of rotatable bonds is 6. The van der Waals surface area contributed by atoms with Crippen LogP contribution in [0.2, 0.25) is 0 Å². The van der Waals surface area contributed by atoms with Crippen molar-refractivity contribution in [3.05, 3.63) is 76.8 Å². The summed E-state index contributed by atoms with van der Waals surface area (Å²) in [7, 11) is 1.23. The van der Waals surface area contributed by atoms with Crippen molar-refractivity contribution in [2.75, 3.05) is 24.6 Å². The van der Waals surface area contributed by atoms with E-state index < -0.39 is 35.0 Å². The molecule has 2 aromatic carbocycles. The predicted molar refractivity (Wildman–Crippen MR) is 146 cm³/mol. The van der Waals surface area contributed by atoms with Crippen LogP contribution >= 0.6 is 0 Å². The Morgan fingerprint density at radius 2 is 1.88 bits per heavy atom. The summed E-state index contributed by atoms with van der Waals surface area (Å²) in [5, 5.41) is 7.48. The number of pyridine rings is 1. The number of benzene rings is 2. The molecule has 1 unspecified atom stereocenters. The number of hydrogen-bond acceptors (Lipinski definition) is 6. The standard InChI is InChI=1S/C30H27F5N6O2/c1-16-13-40(7-8-43-16)14-17-9-20-22(31)5-6-24-26(20)21(10-17)27(42)41(24)25-12-19(11-23(37-25)18-3-4-18)29(32,30(33,34)35)28-38-36-15-39(28)2/h5-6,9-12,15-16,18H,3-4,7-8,13-14H2,1-2H3/t16-,29?/m1/s1. The zero-order chi connectivity index (χ0) is 30.3. The van der Waals surface area contributed by atoms with Gasteiger partial charge in [0.2, 0.25) is 0 Å². The maximum atomic E-state index is 16.5. The fourth-order valence-corrected chi connectivity index (χ4v) is 6.14. The van der Waals surface area contributed by atoms with Gasteiger partial charge in [-0.15, -0.1) is 10.2 Å². The molecule has 2 aliphatic heterocycles. The molecule has 0 radical (unpaired) electrons. The molecule has 3 aliphatic rings. The van der Waals surface area contributed by atoms with Gasteiger partial charge in [0, 0.05) is 54.6 Å². The molecule has 8 nitrogen and oxygen atoms in total. The smallest absolute Gasteiger partial charge is 0.376 e. The number of aryl methyl sites for hydroxylation is 1. The Morgan fingerprint density at radius 3 is 2.56 bits per heavy atom. The van der Waals surface area contributed by atoms with Gasteiger partial charge in [0.25, 0.3) is 11.6 Å². The van der Waals surface area contributed by atoms with Gasteiger partial charge in [0.1, 0.15) is 18.0 Å². The molecule has 7 rings (SSSR count). The lowest BCUT2D eigenvalue weighted by atomic mass is 9.93. The Hall–Kier alpha value is -3.97. The molecule has 0 spiro atoms. The molecule has 1 saturated heterocycles. The normalized spacial score (nSPS) is 20.7. The van der Waals surface area contributed by atoms with Gasteiger partial charge in [-0.3, -0.25) is 14.6 Å². The minimum absolute atomic E-state index is 0.0321. The van der Waals surface area contributed by atoms with E-state index in [1.165, 1.54) is 19.2 Å². The molecular weight excluding hydrogens is 571 g/mol. The van der Waals surface area contributed by atoms with E-state index in [4.69, 9.17) is 4.74 Å². The number of halogens is 5. The monoisotopic (exact) mass is 598 g/mol. The molecule has 2 fully saturated rings. The largest absolute Gasteiger partial charge is 0.434 e. The lowest BCUT2D eigenvalue weighted by Gasteiger charge is -2.31. The molecule has 43 heavy (non-hydrogen) atoms. The van der Waals surface area contributed by atoms with Gasteiger partial charge in [-0.25, -0.2) is 13.8 Å². The average Bonchev–Trinajstić information content (AvgIpc) is 3.66. The van der Waals surface area contributed by atoms with E-state index in [1.54, 1.807) is 12.1 Å². The second-order valence-electron chi connectivity index (χ2n) is 11.5. The molecule has 1 amide bonds. The van der Waals surface area contributed by atoms with E-state index >= 15 is 8.78 Å². The molecule has 2 aromatic heterocycles. The summed E-state index contributed by atoms with van der Waals surface area (Å²) in [5.74, 6) is -2.41. The zero-order valence-electron chi connectivity index (χ0n) is 23.3. The first-order valence-corrected chi connectivity index (χ1v) is 14.0. The van der Waals surface area contributed by atoms with Crippen LogP contribution in [0.15, 0.2) is 42.7 Å². The molecule has 1 saturated carbocycles. The van der Waals surface area contributed by atoms with Crippen molar-refractivity contribution in [2.45, 2.75) is 50.2 Å². The summed E-state index contributed by atoms with van der Waals surface area (Å²) >= 11 is 0. The van der Waals surface area contributed by atoms with Gasteiger partial charge in [-0.2, -0.15) is 13.2 Å². The van der Waals surface area contributed by atoms with Crippen molar-refractivity contribution >= 4 is 28.2 Å². The number of ether oxygens (including phenoxy) is 1. The third kappa shape index (κ3) is 4.48. The number of nitrogens with zero attached hydrogens (tertiary/aromatic N) is 6. The molecule has 4 aromatic rings. The Bertz CT molecular complexity index is 1770. The fraction of sp³-hybridized carbons (Fsp3) is 0.400. The van der Waals surface area contributed by atoms with Crippen molar-refractivity contribution in [3.63, 3.8) is 0 Å². The van der Waals surface area contributed by atoms with Crippen molar-refractivity contribution < 1.29 is 31.5 Å². The summed E-state index contributed by atoms with van der Waals surface area (Å²) in [6.07, 6.45) is -3.04. The topological polar surface area (TPSA) is 76.4 Å². The fourth-order valence-electron chi connectivity index (χ4n) is 6.14. The Morgan fingerprint density at radius 1 is 1.09 bits per heavy atom.